The van der Waals surface area contributed by atoms with Gasteiger partial charge in [0.05, 0.1) is 0 Å². The van der Waals surface area contributed by atoms with Gasteiger partial charge < -0.3 is 5.43 Å². The first-order valence-electron chi connectivity index (χ1n) is 6.11. The summed E-state index contributed by atoms with van der Waals surface area (Å²) < 4.78 is 13.7. The monoisotopic (exact) mass is 244 g/mol. The van der Waals surface area contributed by atoms with Crippen LogP contribution >= 0.6 is 0 Å². The van der Waals surface area contributed by atoms with Gasteiger partial charge in [0.2, 0.25) is 0 Å². The van der Waals surface area contributed by atoms with Crippen LogP contribution in [0.3, 0.4) is 0 Å². The summed E-state index contributed by atoms with van der Waals surface area (Å²) in [7, 11) is 0. The van der Waals surface area contributed by atoms with Gasteiger partial charge in [-0.25, -0.2) is 9.82 Å². The van der Waals surface area contributed by atoms with Gasteiger partial charge in [0.25, 0.3) is 0 Å². The minimum atomic E-state index is -0.156. The Bertz CT molecular complexity index is 497. The van der Waals surface area contributed by atoms with E-state index < -0.39 is 0 Å². The fraction of sp³-hybridized carbons (Fsp3) is 0.200. The van der Waals surface area contributed by atoms with Gasteiger partial charge in [0.15, 0.2) is 0 Å². The highest BCUT2D eigenvalue weighted by Gasteiger charge is 2.02. The number of nitrogens with one attached hydrogen (secondary N) is 2. The summed E-state index contributed by atoms with van der Waals surface area (Å²) in [4.78, 5) is 0. The quantitative estimate of drug-likeness (QED) is 0.786. The van der Waals surface area contributed by atoms with Crippen LogP contribution in [0.4, 0.5) is 10.1 Å². The molecule has 2 aromatic carbocycles. The van der Waals surface area contributed by atoms with Crippen molar-refractivity contribution in [3.05, 3.63) is 65.5 Å². The number of benzene rings is 2. The van der Waals surface area contributed by atoms with Crippen molar-refractivity contribution >= 4 is 5.69 Å². The molecule has 0 atom stereocenters. The van der Waals surface area contributed by atoms with Crippen LogP contribution in [-0.4, -0.2) is 0 Å². The number of rotatable bonds is 5. The zero-order valence-electron chi connectivity index (χ0n) is 10.4. The molecule has 0 aliphatic rings. The van der Waals surface area contributed by atoms with Crippen LogP contribution in [0.25, 0.3) is 0 Å². The van der Waals surface area contributed by atoms with Crippen molar-refractivity contribution in [2.24, 2.45) is 0 Å². The van der Waals surface area contributed by atoms with Gasteiger partial charge in [-0.15, -0.1) is 0 Å². The molecule has 0 radical (unpaired) electrons. The van der Waals surface area contributed by atoms with Gasteiger partial charge in [0, 0.05) is 17.8 Å². The van der Waals surface area contributed by atoms with E-state index in [4.69, 9.17) is 0 Å². The lowest BCUT2D eigenvalue weighted by atomic mass is 10.1. The largest absolute Gasteiger partial charge is 0.321 e. The lowest BCUT2D eigenvalue weighted by Crippen LogP contribution is -2.21. The Morgan fingerprint density at radius 1 is 1.06 bits per heavy atom. The summed E-state index contributed by atoms with van der Waals surface area (Å²) in [6.45, 7) is 2.47. The Kier molecular flexibility index (Phi) is 4.31. The van der Waals surface area contributed by atoms with E-state index in [1.54, 1.807) is 6.07 Å². The van der Waals surface area contributed by atoms with Crippen molar-refractivity contribution < 1.29 is 4.39 Å². The molecule has 0 spiro atoms. The highest BCUT2D eigenvalue weighted by molar-refractivity contribution is 5.41. The molecule has 0 unspecified atom stereocenters. The molecule has 0 aromatic heterocycles. The average Bonchev–Trinajstić information content (AvgIpc) is 2.42. The maximum absolute atomic E-state index is 13.7. The number of aryl methyl sites for hydroxylation is 1. The first kappa shape index (κ1) is 12.6. The van der Waals surface area contributed by atoms with Crippen LogP contribution in [0.5, 0.6) is 0 Å². The van der Waals surface area contributed by atoms with Crippen LogP contribution in [0.1, 0.15) is 18.1 Å². The molecule has 0 aliphatic carbocycles. The zero-order chi connectivity index (χ0) is 12.8. The highest BCUT2D eigenvalue weighted by atomic mass is 19.1. The number of anilines is 1. The number of para-hydroxylation sites is 1. The molecule has 18 heavy (non-hydrogen) atoms. The van der Waals surface area contributed by atoms with Crippen LogP contribution in [0, 0.1) is 5.82 Å². The molecule has 0 saturated carbocycles. The van der Waals surface area contributed by atoms with E-state index >= 15 is 0 Å². The van der Waals surface area contributed by atoms with Crippen LogP contribution < -0.4 is 10.9 Å². The van der Waals surface area contributed by atoms with Crippen LogP contribution in [0.15, 0.2) is 48.5 Å². The zero-order valence-corrected chi connectivity index (χ0v) is 10.4. The van der Waals surface area contributed by atoms with E-state index in [-0.39, 0.29) is 5.82 Å². The Labute approximate surface area is 107 Å². The molecule has 0 fully saturated rings. The SMILES string of the molecule is CCc1ccc(CNNc2ccccc2)c(F)c1. The van der Waals surface area contributed by atoms with E-state index in [2.05, 4.69) is 10.9 Å². The fourth-order valence-corrected chi connectivity index (χ4v) is 1.72. The summed E-state index contributed by atoms with van der Waals surface area (Å²) in [6, 6.07) is 15.1. The van der Waals surface area contributed by atoms with E-state index in [1.165, 1.54) is 0 Å². The summed E-state index contributed by atoms with van der Waals surface area (Å²) in [5.74, 6) is -0.156. The number of hydrogen-bond donors (Lipinski definition) is 2. The van der Waals surface area contributed by atoms with Gasteiger partial charge >= 0.3 is 0 Å². The van der Waals surface area contributed by atoms with Gasteiger partial charge in [-0.2, -0.15) is 0 Å². The van der Waals surface area contributed by atoms with Crippen molar-refractivity contribution in [1.29, 1.82) is 0 Å². The molecular formula is C15H17FN2. The molecule has 2 N–H and O–H groups in total. The second-order valence-corrected chi connectivity index (χ2v) is 4.12. The molecular weight excluding hydrogens is 227 g/mol. The predicted molar refractivity (Wildman–Crippen MR) is 72.7 cm³/mol. The Balaban J connectivity index is 1.91. The molecule has 0 aliphatic heterocycles. The summed E-state index contributed by atoms with van der Waals surface area (Å²) in [5, 5.41) is 0. The van der Waals surface area contributed by atoms with E-state index in [9.17, 15) is 4.39 Å². The lowest BCUT2D eigenvalue weighted by molar-refractivity contribution is 0.598. The van der Waals surface area contributed by atoms with Gasteiger partial charge in [-0.3, -0.25) is 0 Å². The molecule has 2 nitrogen and oxygen atoms in total. The Morgan fingerprint density at radius 3 is 2.50 bits per heavy atom. The molecule has 0 amide bonds. The predicted octanol–water partition coefficient (Wildman–Crippen LogP) is 3.50. The van der Waals surface area contributed by atoms with E-state index in [0.717, 1.165) is 17.7 Å². The van der Waals surface area contributed by atoms with Crippen molar-refractivity contribution in [3.8, 4) is 0 Å². The topological polar surface area (TPSA) is 24.1 Å². The third-order valence-electron chi connectivity index (χ3n) is 2.81. The first-order valence-corrected chi connectivity index (χ1v) is 6.11. The first-order chi connectivity index (χ1) is 8.79. The summed E-state index contributed by atoms with van der Waals surface area (Å²) >= 11 is 0. The van der Waals surface area contributed by atoms with Crippen LogP contribution in [-0.2, 0) is 13.0 Å². The normalized spacial score (nSPS) is 10.3. The maximum Gasteiger partial charge on any atom is 0.128 e. The molecule has 94 valence electrons. The summed E-state index contributed by atoms with van der Waals surface area (Å²) in [6.07, 6.45) is 0.854. The van der Waals surface area contributed by atoms with Gasteiger partial charge in [0.1, 0.15) is 5.82 Å². The standard InChI is InChI=1S/C15H17FN2/c1-2-12-8-9-13(15(16)10-12)11-17-18-14-6-4-3-5-7-14/h3-10,17-18H,2,11H2,1H3. The van der Waals surface area contributed by atoms with Crippen molar-refractivity contribution in [2.45, 2.75) is 19.9 Å². The van der Waals surface area contributed by atoms with Gasteiger partial charge in [-0.1, -0.05) is 37.3 Å². The van der Waals surface area contributed by atoms with E-state index in [1.807, 2.05) is 49.4 Å². The van der Waals surface area contributed by atoms with Crippen molar-refractivity contribution in [1.82, 2.24) is 5.43 Å². The minimum Gasteiger partial charge on any atom is -0.321 e. The Hall–Kier alpha value is -1.87. The second-order valence-electron chi connectivity index (χ2n) is 4.12. The molecule has 0 heterocycles. The number of hydrogen-bond acceptors (Lipinski definition) is 2. The Morgan fingerprint density at radius 2 is 1.83 bits per heavy atom. The highest BCUT2D eigenvalue weighted by Crippen LogP contribution is 2.11. The van der Waals surface area contributed by atoms with Crippen LogP contribution in [0.2, 0.25) is 0 Å². The van der Waals surface area contributed by atoms with Gasteiger partial charge in [-0.05, 0) is 30.2 Å². The van der Waals surface area contributed by atoms with Crippen molar-refractivity contribution in [2.75, 3.05) is 5.43 Å². The fourth-order valence-electron chi connectivity index (χ4n) is 1.72. The number of hydrazine groups is 1. The molecule has 0 bridgehead atoms. The second kappa shape index (κ2) is 6.17. The van der Waals surface area contributed by atoms with E-state index in [0.29, 0.717) is 12.1 Å². The molecule has 3 heteroatoms. The maximum atomic E-state index is 13.7. The molecule has 0 saturated heterocycles. The average molecular weight is 244 g/mol. The third-order valence-corrected chi connectivity index (χ3v) is 2.81. The molecule has 2 aromatic rings. The number of halogens is 1. The lowest BCUT2D eigenvalue weighted by Gasteiger charge is -2.09. The van der Waals surface area contributed by atoms with Crippen molar-refractivity contribution in [3.63, 3.8) is 0 Å². The third kappa shape index (κ3) is 3.31. The smallest absolute Gasteiger partial charge is 0.128 e. The summed E-state index contributed by atoms with van der Waals surface area (Å²) in [5.41, 5.74) is 8.68. The minimum absolute atomic E-state index is 0.156. The molecule has 2 rings (SSSR count).